The van der Waals surface area contributed by atoms with Crippen LogP contribution >= 0.6 is 0 Å². The SMILES string of the molecule is COC(=O)c1cc(C(=O)OCC2COCCOCCOCCOCCOCCO2)cc(C(=O)OCC2COCCOCCOCCOCCOCCO2)c1. The summed E-state index contributed by atoms with van der Waals surface area (Å²) >= 11 is 0. The van der Waals surface area contributed by atoms with Crippen molar-refractivity contribution in [1.82, 2.24) is 0 Å². The first kappa shape index (κ1) is 45.5. The number of hydrogen-bond acceptors (Lipinski definition) is 18. The Kier molecular flexibility index (Phi) is 25.6. The Labute approximate surface area is 316 Å². The molecule has 18 nitrogen and oxygen atoms in total. The Morgan fingerprint density at radius 2 is 0.685 bits per heavy atom. The van der Waals surface area contributed by atoms with Gasteiger partial charge in [0.2, 0.25) is 0 Å². The molecule has 0 radical (unpaired) electrons. The van der Waals surface area contributed by atoms with Gasteiger partial charge in [0.25, 0.3) is 0 Å². The van der Waals surface area contributed by atoms with Crippen LogP contribution in [0.5, 0.6) is 0 Å². The van der Waals surface area contributed by atoms with Crippen molar-refractivity contribution in [2.45, 2.75) is 12.2 Å². The van der Waals surface area contributed by atoms with Crippen molar-refractivity contribution in [3.8, 4) is 0 Å². The van der Waals surface area contributed by atoms with Crippen molar-refractivity contribution in [1.29, 1.82) is 0 Å². The maximum Gasteiger partial charge on any atom is 0.338 e. The highest BCUT2D eigenvalue weighted by Gasteiger charge is 2.22. The number of methoxy groups -OCH3 is 1. The molecule has 3 rings (SSSR count). The van der Waals surface area contributed by atoms with Gasteiger partial charge in [-0.2, -0.15) is 0 Å². The zero-order valence-electron chi connectivity index (χ0n) is 31.2. The molecule has 2 heterocycles. The highest BCUT2D eigenvalue weighted by Crippen LogP contribution is 2.15. The second-order valence-corrected chi connectivity index (χ2v) is 11.5. The summed E-state index contributed by atoms with van der Waals surface area (Å²) in [7, 11) is 1.18. The van der Waals surface area contributed by atoms with Gasteiger partial charge in [-0.05, 0) is 18.2 Å². The second-order valence-electron chi connectivity index (χ2n) is 11.5. The van der Waals surface area contributed by atoms with Crippen LogP contribution in [0.15, 0.2) is 18.2 Å². The van der Waals surface area contributed by atoms with Crippen molar-refractivity contribution in [3.63, 3.8) is 0 Å². The molecule has 0 bridgehead atoms. The molecule has 0 aromatic heterocycles. The van der Waals surface area contributed by atoms with Gasteiger partial charge in [-0.15, -0.1) is 0 Å². The lowest BCUT2D eigenvalue weighted by atomic mass is 10.1. The molecular formula is C36H56O18. The van der Waals surface area contributed by atoms with Gasteiger partial charge in [0.05, 0.1) is 169 Å². The van der Waals surface area contributed by atoms with Crippen molar-refractivity contribution in [2.75, 3.05) is 166 Å². The van der Waals surface area contributed by atoms with E-state index < -0.39 is 30.1 Å². The number of benzene rings is 1. The minimum absolute atomic E-state index is 0.0523. The highest BCUT2D eigenvalue weighted by molar-refractivity contribution is 6.00. The van der Waals surface area contributed by atoms with E-state index in [4.69, 9.17) is 71.1 Å². The Morgan fingerprint density at radius 3 is 0.981 bits per heavy atom. The summed E-state index contributed by atoms with van der Waals surface area (Å²) in [4.78, 5) is 39.0. The molecule has 0 aliphatic carbocycles. The molecule has 54 heavy (non-hydrogen) atoms. The summed E-state index contributed by atoms with van der Waals surface area (Å²) in [5.74, 6) is -2.39. The van der Waals surface area contributed by atoms with E-state index in [2.05, 4.69) is 0 Å². The average Bonchev–Trinajstić information content (AvgIpc) is 3.19. The minimum atomic E-state index is -0.811. The average molecular weight is 777 g/mol. The standard InChI is InChI=1S/C36H56O18/c1-40-34(37)29-22-30(35(38)53-27-32-25-49-16-14-45-8-6-41-2-4-43-10-12-47-18-20-51-32)24-31(23-29)36(39)54-28-33-26-50-17-15-46-9-7-42-3-5-44-11-13-48-19-21-52-33/h22-24,32-33H,2-21,25-28H2,1H3. The van der Waals surface area contributed by atoms with Gasteiger partial charge in [-0.1, -0.05) is 0 Å². The van der Waals surface area contributed by atoms with Gasteiger partial charge in [-0.3, -0.25) is 0 Å². The third-order valence-electron chi connectivity index (χ3n) is 7.37. The Balaban J connectivity index is 1.58. The summed E-state index contributed by atoms with van der Waals surface area (Å²) < 4.78 is 82.9. The van der Waals surface area contributed by atoms with Crippen LogP contribution in [-0.2, 0) is 71.1 Å². The number of carbonyl (C=O) groups is 3. The minimum Gasteiger partial charge on any atom is -0.465 e. The van der Waals surface area contributed by atoms with Gasteiger partial charge >= 0.3 is 17.9 Å². The quantitative estimate of drug-likeness (QED) is 0.278. The van der Waals surface area contributed by atoms with E-state index in [0.29, 0.717) is 92.5 Å². The van der Waals surface area contributed by atoms with Gasteiger partial charge in [-0.25, -0.2) is 14.4 Å². The van der Waals surface area contributed by atoms with Crippen molar-refractivity contribution in [2.24, 2.45) is 0 Å². The van der Waals surface area contributed by atoms with E-state index in [-0.39, 0.29) is 82.8 Å². The monoisotopic (exact) mass is 776 g/mol. The van der Waals surface area contributed by atoms with Gasteiger partial charge < -0.3 is 71.1 Å². The number of esters is 3. The number of carbonyl (C=O) groups excluding carboxylic acids is 3. The third-order valence-corrected chi connectivity index (χ3v) is 7.37. The molecule has 2 fully saturated rings. The predicted molar refractivity (Wildman–Crippen MR) is 186 cm³/mol. The van der Waals surface area contributed by atoms with Crippen LogP contribution in [0.3, 0.4) is 0 Å². The van der Waals surface area contributed by atoms with Gasteiger partial charge in [0, 0.05) is 0 Å². The third kappa shape index (κ3) is 21.3. The van der Waals surface area contributed by atoms with E-state index in [1.165, 1.54) is 25.3 Å². The van der Waals surface area contributed by atoms with Crippen LogP contribution in [0.4, 0.5) is 0 Å². The van der Waals surface area contributed by atoms with E-state index in [9.17, 15) is 14.4 Å². The van der Waals surface area contributed by atoms with E-state index >= 15 is 0 Å². The van der Waals surface area contributed by atoms with E-state index in [1.807, 2.05) is 0 Å². The summed E-state index contributed by atoms with van der Waals surface area (Å²) in [6, 6.07) is 3.81. The molecule has 1 aromatic carbocycles. The molecule has 308 valence electrons. The van der Waals surface area contributed by atoms with E-state index in [1.54, 1.807) is 0 Å². The Bertz CT molecular complexity index is 1040. The molecule has 2 aliphatic rings. The van der Waals surface area contributed by atoms with Crippen molar-refractivity contribution in [3.05, 3.63) is 34.9 Å². The summed E-state index contributed by atoms with van der Waals surface area (Å²) in [5.41, 5.74) is -0.206. The molecule has 2 aliphatic heterocycles. The smallest absolute Gasteiger partial charge is 0.338 e. The maximum atomic E-state index is 13.3. The number of hydrogen-bond donors (Lipinski definition) is 0. The zero-order chi connectivity index (χ0) is 38.3. The molecular weight excluding hydrogens is 720 g/mol. The van der Waals surface area contributed by atoms with Crippen LogP contribution in [0.2, 0.25) is 0 Å². The van der Waals surface area contributed by atoms with Gasteiger partial charge in [0.1, 0.15) is 25.4 Å². The largest absolute Gasteiger partial charge is 0.465 e. The maximum absolute atomic E-state index is 13.3. The Hall–Kier alpha value is -2.85. The fourth-order valence-corrected chi connectivity index (χ4v) is 4.63. The lowest BCUT2D eigenvalue weighted by Crippen LogP contribution is -2.30. The first-order valence-electron chi connectivity index (χ1n) is 18.1. The highest BCUT2D eigenvalue weighted by atomic mass is 16.6. The first-order chi connectivity index (χ1) is 26.6. The Morgan fingerprint density at radius 1 is 0.426 bits per heavy atom. The van der Waals surface area contributed by atoms with Crippen molar-refractivity contribution >= 4 is 17.9 Å². The lowest BCUT2D eigenvalue weighted by Gasteiger charge is -2.19. The normalized spacial score (nSPS) is 22.6. The summed E-state index contributed by atoms with van der Waals surface area (Å²) in [5, 5.41) is 0. The molecule has 0 amide bonds. The first-order valence-corrected chi connectivity index (χ1v) is 18.1. The van der Waals surface area contributed by atoms with Crippen LogP contribution in [0.1, 0.15) is 31.1 Å². The molecule has 0 saturated carbocycles. The predicted octanol–water partition coefficient (Wildman–Crippen LogP) is 0.750. The van der Waals surface area contributed by atoms with Gasteiger partial charge in [0.15, 0.2) is 0 Å². The molecule has 2 unspecified atom stereocenters. The fourth-order valence-electron chi connectivity index (χ4n) is 4.63. The van der Waals surface area contributed by atoms with Crippen LogP contribution in [0.25, 0.3) is 0 Å². The molecule has 2 saturated heterocycles. The van der Waals surface area contributed by atoms with E-state index in [0.717, 1.165) is 0 Å². The molecule has 1 aromatic rings. The summed E-state index contributed by atoms with van der Waals surface area (Å²) in [6.45, 7) is 7.15. The summed E-state index contributed by atoms with van der Waals surface area (Å²) in [6.07, 6.45) is -1.29. The number of rotatable bonds is 7. The van der Waals surface area contributed by atoms with Crippen molar-refractivity contribution < 1.29 is 85.4 Å². The topological polar surface area (TPSA) is 190 Å². The second kappa shape index (κ2) is 30.4. The molecule has 0 N–H and O–H groups in total. The van der Waals surface area contributed by atoms with Crippen LogP contribution in [0, 0.1) is 0 Å². The van der Waals surface area contributed by atoms with Crippen LogP contribution < -0.4 is 0 Å². The molecule has 18 heteroatoms. The zero-order valence-corrected chi connectivity index (χ0v) is 31.2. The molecule has 2 atom stereocenters. The molecule has 0 spiro atoms. The number of ether oxygens (including phenoxy) is 15. The lowest BCUT2D eigenvalue weighted by molar-refractivity contribution is -0.0773. The van der Waals surface area contributed by atoms with Crippen LogP contribution in [-0.4, -0.2) is 196 Å². The fraction of sp³-hybridized carbons (Fsp3) is 0.750.